The smallest absolute Gasteiger partial charge is 0.0952 e. The maximum absolute atomic E-state index is 5.87. The molecule has 0 bridgehead atoms. The van der Waals surface area contributed by atoms with Crippen LogP contribution in [0.3, 0.4) is 0 Å². The van der Waals surface area contributed by atoms with E-state index in [1.54, 1.807) is 0 Å². The van der Waals surface area contributed by atoms with Crippen LogP contribution in [0, 0.1) is 0 Å². The monoisotopic (exact) mass is 254 g/mol. The molecule has 0 spiro atoms. The SMILES string of the molecule is c1ccc2c(c1)CCOC2CNCc1ccncc1. The van der Waals surface area contributed by atoms with Crippen LogP contribution < -0.4 is 5.32 Å². The van der Waals surface area contributed by atoms with E-state index in [0.717, 1.165) is 26.1 Å². The summed E-state index contributed by atoms with van der Waals surface area (Å²) in [5.74, 6) is 0. The van der Waals surface area contributed by atoms with Gasteiger partial charge in [0.1, 0.15) is 0 Å². The zero-order valence-electron chi connectivity index (χ0n) is 10.9. The van der Waals surface area contributed by atoms with Gasteiger partial charge in [0, 0.05) is 25.5 Å². The molecule has 0 amide bonds. The second-order valence-electron chi connectivity index (χ2n) is 4.79. The van der Waals surface area contributed by atoms with Crippen molar-refractivity contribution in [3.05, 3.63) is 65.5 Å². The zero-order chi connectivity index (χ0) is 12.9. The second kappa shape index (κ2) is 5.95. The third kappa shape index (κ3) is 3.00. The number of pyridine rings is 1. The van der Waals surface area contributed by atoms with Crippen molar-refractivity contribution in [1.82, 2.24) is 10.3 Å². The molecule has 3 nitrogen and oxygen atoms in total. The molecule has 0 saturated carbocycles. The molecule has 3 rings (SSSR count). The van der Waals surface area contributed by atoms with Gasteiger partial charge in [-0.3, -0.25) is 4.98 Å². The molecule has 3 heteroatoms. The normalized spacial score (nSPS) is 18.0. The molecule has 1 unspecified atom stereocenters. The zero-order valence-corrected chi connectivity index (χ0v) is 10.9. The van der Waals surface area contributed by atoms with Crippen molar-refractivity contribution < 1.29 is 4.74 Å². The van der Waals surface area contributed by atoms with E-state index in [9.17, 15) is 0 Å². The fourth-order valence-electron chi connectivity index (χ4n) is 2.49. The van der Waals surface area contributed by atoms with Gasteiger partial charge >= 0.3 is 0 Å². The van der Waals surface area contributed by atoms with Gasteiger partial charge in [-0.05, 0) is 35.2 Å². The first-order chi connectivity index (χ1) is 9.43. The Morgan fingerprint density at radius 2 is 2.00 bits per heavy atom. The molecular weight excluding hydrogens is 236 g/mol. The number of hydrogen-bond donors (Lipinski definition) is 1. The van der Waals surface area contributed by atoms with Crippen molar-refractivity contribution in [2.45, 2.75) is 19.1 Å². The van der Waals surface area contributed by atoms with E-state index in [-0.39, 0.29) is 6.10 Å². The van der Waals surface area contributed by atoms with Gasteiger partial charge in [0.2, 0.25) is 0 Å². The summed E-state index contributed by atoms with van der Waals surface area (Å²) in [6.07, 6.45) is 4.84. The Hall–Kier alpha value is -1.71. The van der Waals surface area contributed by atoms with E-state index in [4.69, 9.17) is 4.74 Å². The van der Waals surface area contributed by atoms with Crippen LogP contribution in [0.4, 0.5) is 0 Å². The summed E-state index contributed by atoms with van der Waals surface area (Å²) in [5.41, 5.74) is 4.00. The average Bonchev–Trinajstić information content (AvgIpc) is 2.49. The first-order valence-electron chi connectivity index (χ1n) is 6.72. The molecule has 1 aliphatic heterocycles. The van der Waals surface area contributed by atoms with E-state index < -0.39 is 0 Å². The number of fused-ring (bicyclic) bond motifs is 1. The number of nitrogens with one attached hydrogen (secondary N) is 1. The van der Waals surface area contributed by atoms with Gasteiger partial charge < -0.3 is 10.1 Å². The van der Waals surface area contributed by atoms with Crippen LogP contribution in [0.2, 0.25) is 0 Å². The number of benzene rings is 1. The molecule has 2 aromatic rings. The molecule has 1 aromatic heterocycles. The highest BCUT2D eigenvalue weighted by Crippen LogP contribution is 2.26. The van der Waals surface area contributed by atoms with Crippen molar-refractivity contribution in [3.63, 3.8) is 0 Å². The van der Waals surface area contributed by atoms with Gasteiger partial charge in [0.25, 0.3) is 0 Å². The highest BCUT2D eigenvalue weighted by atomic mass is 16.5. The van der Waals surface area contributed by atoms with Crippen LogP contribution in [0.5, 0.6) is 0 Å². The third-order valence-electron chi connectivity index (χ3n) is 3.50. The molecule has 2 heterocycles. The lowest BCUT2D eigenvalue weighted by Crippen LogP contribution is -2.27. The van der Waals surface area contributed by atoms with E-state index >= 15 is 0 Å². The minimum absolute atomic E-state index is 0.173. The van der Waals surface area contributed by atoms with Crippen LogP contribution in [0.25, 0.3) is 0 Å². The lowest BCUT2D eigenvalue weighted by molar-refractivity contribution is 0.0423. The molecule has 1 atom stereocenters. The highest BCUT2D eigenvalue weighted by molar-refractivity contribution is 5.31. The molecule has 0 saturated heterocycles. The fourth-order valence-corrected chi connectivity index (χ4v) is 2.49. The van der Waals surface area contributed by atoms with Crippen molar-refractivity contribution in [2.75, 3.05) is 13.2 Å². The second-order valence-corrected chi connectivity index (χ2v) is 4.79. The van der Waals surface area contributed by atoms with Gasteiger partial charge in [0.15, 0.2) is 0 Å². The topological polar surface area (TPSA) is 34.1 Å². The van der Waals surface area contributed by atoms with Crippen LogP contribution in [-0.2, 0) is 17.7 Å². The van der Waals surface area contributed by atoms with Crippen molar-refractivity contribution in [2.24, 2.45) is 0 Å². The molecule has 1 aromatic carbocycles. The Morgan fingerprint density at radius 1 is 1.16 bits per heavy atom. The third-order valence-corrected chi connectivity index (χ3v) is 3.50. The molecule has 0 radical (unpaired) electrons. The van der Waals surface area contributed by atoms with Crippen LogP contribution in [-0.4, -0.2) is 18.1 Å². The molecular formula is C16H18N2O. The van der Waals surface area contributed by atoms with Gasteiger partial charge in [0.05, 0.1) is 12.7 Å². The maximum atomic E-state index is 5.87. The Balaban J connectivity index is 1.59. The van der Waals surface area contributed by atoms with Gasteiger partial charge in [-0.2, -0.15) is 0 Å². The Bertz CT molecular complexity index is 527. The predicted molar refractivity (Wildman–Crippen MR) is 74.8 cm³/mol. The summed E-state index contributed by atoms with van der Waals surface area (Å²) in [6.45, 7) is 2.52. The van der Waals surface area contributed by atoms with Gasteiger partial charge in [-0.25, -0.2) is 0 Å². The Kier molecular flexibility index (Phi) is 3.86. The van der Waals surface area contributed by atoms with Crippen molar-refractivity contribution in [3.8, 4) is 0 Å². The van der Waals surface area contributed by atoms with E-state index in [1.165, 1.54) is 16.7 Å². The summed E-state index contributed by atoms with van der Waals surface area (Å²) in [5, 5.41) is 3.46. The molecule has 1 N–H and O–H groups in total. The highest BCUT2D eigenvalue weighted by Gasteiger charge is 2.19. The van der Waals surface area contributed by atoms with Crippen LogP contribution in [0.1, 0.15) is 22.8 Å². The lowest BCUT2D eigenvalue weighted by atomic mass is 9.97. The number of rotatable bonds is 4. The molecule has 1 aliphatic rings. The van der Waals surface area contributed by atoms with Gasteiger partial charge in [-0.1, -0.05) is 24.3 Å². The minimum atomic E-state index is 0.173. The Labute approximate surface area is 113 Å². The summed E-state index contributed by atoms with van der Waals surface area (Å²) < 4.78 is 5.87. The lowest BCUT2D eigenvalue weighted by Gasteiger charge is -2.26. The number of ether oxygens (including phenoxy) is 1. The molecule has 0 aliphatic carbocycles. The summed E-state index contributed by atoms with van der Waals surface area (Å²) >= 11 is 0. The van der Waals surface area contributed by atoms with E-state index in [0.29, 0.717) is 0 Å². The number of hydrogen-bond acceptors (Lipinski definition) is 3. The first-order valence-corrected chi connectivity index (χ1v) is 6.72. The van der Waals surface area contributed by atoms with Gasteiger partial charge in [-0.15, -0.1) is 0 Å². The van der Waals surface area contributed by atoms with Crippen molar-refractivity contribution in [1.29, 1.82) is 0 Å². The maximum Gasteiger partial charge on any atom is 0.0952 e. The quantitative estimate of drug-likeness (QED) is 0.910. The Morgan fingerprint density at radius 3 is 2.89 bits per heavy atom. The minimum Gasteiger partial charge on any atom is -0.372 e. The summed E-state index contributed by atoms with van der Waals surface area (Å²) in [7, 11) is 0. The largest absolute Gasteiger partial charge is 0.372 e. The number of nitrogens with zero attached hydrogens (tertiary/aromatic N) is 1. The summed E-state index contributed by atoms with van der Waals surface area (Å²) in [6, 6.07) is 12.6. The average molecular weight is 254 g/mol. The van der Waals surface area contributed by atoms with Crippen LogP contribution in [0.15, 0.2) is 48.8 Å². The standard InChI is InChI=1S/C16H18N2O/c1-2-4-15-14(3-1)7-10-19-16(15)12-18-11-13-5-8-17-9-6-13/h1-6,8-9,16,18H,7,10-12H2. The molecule has 0 fully saturated rings. The molecule has 98 valence electrons. The van der Waals surface area contributed by atoms with Crippen LogP contribution >= 0.6 is 0 Å². The fraction of sp³-hybridized carbons (Fsp3) is 0.312. The van der Waals surface area contributed by atoms with Crippen molar-refractivity contribution >= 4 is 0 Å². The number of aromatic nitrogens is 1. The molecule has 19 heavy (non-hydrogen) atoms. The van der Waals surface area contributed by atoms with E-state index in [2.05, 4.69) is 34.6 Å². The summed E-state index contributed by atoms with van der Waals surface area (Å²) in [4.78, 5) is 4.02. The predicted octanol–water partition coefficient (Wildman–Crippen LogP) is 2.49. The first kappa shape index (κ1) is 12.3. The van der Waals surface area contributed by atoms with E-state index in [1.807, 2.05) is 24.5 Å².